The van der Waals surface area contributed by atoms with E-state index in [0.29, 0.717) is 19.6 Å². The van der Waals surface area contributed by atoms with Crippen LogP contribution in [0.3, 0.4) is 0 Å². The standard InChI is InChI=1S/C12H19NO4/c1-4-15-10(14)12-8-6-7-11(12,16-5-2)9(3)13-17-12/h4-8H2,1-3H3. The maximum absolute atomic E-state index is 12.2. The predicted octanol–water partition coefficient (Wildman–Crippen LogP) is 1.65. The molecule has 1 aliphatic heterocycles. The minimum absolute atomic E-state index is 0.338. The highest BCUT2D eigenvalue weighted by Crippen LogP contribution is 2.50. The molecule has 0 amide bonds. The minimum atomic E-state index is -1.05. The summed E-state index contributed by atoms with van der Waals surface area (Å²) in [5.41, 5.74) is -1.03. The molecule has 1 aliphatic carbocycles. The summed E-state index contributed by atoms with van der Waals surface area (Å²) in [7, 11) is 0. The molecule has 1 fully saturated rings. The third kappa shape index (κ3) is 1.48. The average Bonchev–Trinajstić information content (AvgIpc) is 2.78. The highest BCUT2D eigenvalue weighted by Gasteiger charge is 2.69. The van der Waals surface area contributed by atoms with Crippen LogP contribution in [0.15, 0.2) is 5.16 Å². The van der Waals surface area contributed by atoms with Gasteiger partial charge in [0.1, 0.15) is 0 Å². The van der Waals surface area contributed by atoms with Crippen molar-refractivity contribution in [1.29, 1.82) is 0 Å². The lowest BCUT2D eigenvalue weighted by atomic mass is 9.83. The number of fused-ring (bicyclic) bond motifs is 1. The third-order valence-electron chi connectivity index (χ3n) is 3.63. The summed E-state index contributed by atoms with van der Waals surface area (Å²) >= 11 is 0. The van der Waals surface area contributed by atoms with Crippen molar-refractivity contribution in [3.05, 3.63) is 0 Å². The zero-order valence-electron chi connectivity index (χ0n) is 10.6. The molecule has 0 radical (unpaired) electrons. The third-order valence-corrected chi connectivity index (χ3v) is 3.63. The monoisotopic (exact) mass is 241 g/mol. The van der Waals surface area contributed by atoms with Crippen LogP contribution in [0.2, 0.25) is 0 Å². The van der Waals surface area contributed by atoms with Gasteiger partial charge in [-0.1, -0.05) is 5.16 Å². The van der Waals surface area contributed by atoms with E-state index in [2.05, 4.69) is 5.16 Å². The van der Waals surface area contributed by atoms with Gasteiger partial charge in [0.05, 0.1) is 12.3 Å². The molecule has 0 bridgehead atoms. The lowest BCUT2D eigenvalue weighted by molar-refractivity contribution is -0.190. The van der Waals surface area contributed by atoms with E-state index >= 15 is 0 Å². The van der Waals surface area contributed by atoms with Gasteiger partial charge in [-0.25, -0.2) is 4.79 Å². The zero-order chi connectivity index (χ0) is 12.5. The molecule has 0 N–H and O–H groups in total. The zero-order valence-corrected chi connectivity index (χ0v) is 10.6. The van der Waals surface area contributed by atoms with Crippen LogP contribution in [0.1, 0.15) is 40.0 Å². The molecule has 2 atom stereocenters. The van der Waals surface area contributed by atoms with Crippen LogP contribution < -0.4 is 0 Å². The Hall–Kier alpha value is -1.10. The van der Waals surface area contributed by atoms with Crippen LogP contribution in [-0.4, -0.2) is 36.1 Å². The molecule has 1 saturated carbocycles. The van der Waals surface area contributed by atoms with E-state index in [-0.39, 0.29) is 5.97 Å². The minimum Gasteiger partial charge on any atom is -0.463 e. The highest BCUT2D eigenvalue weighted by atomic mass is 16.7. The fraction of sp³-hybridized carbons (Fsp3) is 0.833. The highest BCUT2D eigenvalue weighted by molar-refractivity contribution is 6.01. The Labute approximate surface area is 101 Å². The van der Waals surface area contributed by atoms with E-state index in [1.165, 1.54) is 0 Å². The molecule has 0 aromatic carbocycles. The maximum atomic E-state index is 12.2. The van der Waals surface area contributed by atoms with Gasteiger partial charge >= 0.3 is 5.97 Å². The number of carbonyl (C=O) groups excluding carboxylic acids is 1. The molecule has 96 valence electrons. The van der Waals surface area contributed by atoms with Crippen molar-refractivity contribution in [2.75, 3.05) is 13.2 Å². The van der Waals surface area contributed by atoms with Gasteiger partial charge in [-0.15, -0.1) is 0 Å². The average molecular weight is 241 g/mol. The fourth-order valence-electron chi connectivity index (χ4n) is 2.89. The van der Waals surface area contributed by atoms with Crippen LogP contribution in [0.5, 0.6) is 0 Å². The maximum Gasteiger partial charge on any atom is 0.356 e. The van der Waals surface area contributed by atoms with Crippen LogP contribution in [0, 0.1) is 0 Å². The number of nitrogens with zero attached hydrogens (tertiary/aromatic N) is 1. The summed E-state index contributed by atoms with van der Waals surface area (Å²) in [6, 6.07) is 0. The van der Waals surface area contributed by atoms with Crippen molar-refractivity contribution in [3.63, 3.8) is 0 Å². The molecule has 0 spiro atoms. The topological polar surface area (TPSA) is 57.1 Å². The Morgan fingerprint density at radius 3 is 2.82 bits per heavy atom. The number of hydrogen-bond donors (Lipinski definition) is 0. The summed E-state index contributed by atoms with van der Waals surface area (Å²) in [6.45, 7) is 6.41. The van der Waals surface area contributed by atoms with Gasteiger partial charge in [0.15, 0.2) is 5.60 Å². The lowest BCUT2D eigenvalue weighted by Crippen LogP contribution is -2.58. The van der Waals surface area contributed by atoms with E-state index in [1.54, 1.807) is 6.92 Å². The molecular formula is C12H19NO4. The molecule has 5 heteroatoms. The molecule has 2 aliphatic rings. The molecule has 0 aromatic rings. The summed E-state index contributed by atoms with van der Waals surface area (Å²) in [4.78, 5) is 17.6. The molecule has 0 saturated heterocycles. The van der Waals surface area contributed by atoms with Crippen molar-refractivity contribution in [2.24, 2.45) is 5.16 Å². The number of esters is 1. The number of carbonyl (C=O) groups is 1. The SMILES string of the molecule is CCOC(=O)C12CCCC1(OCC)C(C)=NO2. The van der Waals surface area contributed by atoms with Gasteiger partial charge in [0.2, 0.25) is 0 Å². The van der Waals surface area contributed by atoms with Gasteiger partial charge in [-0.3, -0.25) is 0 Å². The Balaban J connectivity index is 2.35. The Bertz CT molecular complexity index is 354. The van der Waals surface area contributed by atoms with E-state index in [9.17, 15) is 4.79 Å². The van der Waals surface area contributed by atoms with Crippen molar-refractivity contribution < 1.29 is 19.1 Å². The summed E-state index contributed by atoms with van der Waals surface area (Å²) in [6.07, 6.45) is 2.24. The smallest absolute Gasteiger partial charge is 0.356 e. The normalized spacial score (nSPS) is 35.1. The van der Waals surface area contributed by atoms with Crippen molar-refractivity contribution in [3.8, 4) is 0 Å². The molecule has 5 nitrogen and oxygen atoms in total. The molecule has 0 aromatic heterocycles. The summed E-state index contributed by atoms with van der Waals surface area (Å²) in [5, 5.41) is 3.98. The fourth-order valence-corrected chi connectivity index (χ4v) is 2.89. The number of ether oxygens (including phenoxy) is 2. The Morgan fingerprint density at radius 2 is 2.18 bits per heavy atom. The summed E-state index contributed by atoms with van der Waals surface area (Å²) in [5.74, 6) is -0.355. The van der Waals surface area contributed by atoms with Crippen molar-refractivity contribution in [2.45, 2.75) is 51.2 Å². The molecular weight excluding hydrogens is 222 g/mol. The second-order valence-corrected chi connectivity index (χ2v) is 4.43. The lowest BCUT2D eigenvalue weighted by Gasteiger charge is -2.35. The molecule has 2 unspecified atom stereocenters. The first-order valence-corrected chi connectivity index (χ1v) is 6.17. The second kappa shape index (κ2) is 4.29. The number of hydrogen-bond acceptors (Lipinski definition) is 5. The first-order valence-electron chi connectivity index (χ1n) is 6.17. The Kier molecular flexibility index (Phi) is 3.12. The van der Waals surface area contributed by atoms with Gasteiger partial charge in [0.25, 0.3) is 5.60 Å². The second-order valence-electron chi connectivity index (χ2n) is 4.43. The van der Waals surface area contributed by atoms with Crippen LogP contribution in [0.4, 0.5) is 0 Å². The van der Waals surface area contributed by atoms with Gasteiger partial charge < -0.3 is 14.3 Å². The molecule has 1 heterocycles. The van der Waals surface area contributed by atoms with Gasteiger partial charge in [-0.2, -0.15) is 0 Å². The predicted molar refractivity (Wildman–Crippen MR) is 61.8 cm³/mol. The van der Waals surface area contributed by atoms with E-state index < -0.39 is 11.2 Å². The largest absolute Gasteiger partial charge is 0.463 e. The van der Waals surface area contributed by atoms with Gasteiger partial charge in [-0.05, 0) is 33.6 Å². The van der Waals surface area contributed by atoms with Gasteiger partial charge in [0, 0.05) is 13.0 Å². The Morgan fingerprint density at radius 1 is 1.41 bits per heavy atom. The summed E-state index contributed by atoms with van der Waals surface area (Å²) < 4.78 is 11.0. The number of rotatable bonds is 4. The first-order chi connectivity index (χ1) is 8.13. The van der Waals surface area contributed by atoms with E-state index in [1.807, 2.05) is 13.8 Å². The number of oxime groups is 1. The first kappa shape index (κ1) is 12.4. The van der Waals surface area contributed by atoms with Crippen LogP contribution in [-0.2, 0) is 19.1 Å². The van der Waals surface area contributed by atoms with E-state index in [0.717, 1.165) is 18.6 Å². The van der Waals surface area contributed by atoms with Crippen molar-refractivity contribution in [1.82, 2.24) is 0 Å². The van der Waals surface area contributed by atoms with Crippen LogP contribution in [0.25, 0.3) is 0 Å². The quantitative estimate of drug-likeness (QED) is 0.702. The molecule has 17 heavy (non-hydrogen) atoms. The van der Waals surface area contributed by atoms with E-state index in [4.69, 9.17) is 14.3 Å². The van der Waals surface area contributed by atoms with Crippen LogP contribution >= 0.6 is 0 Å². The molecule has 2 rings (SSSR count). The van der Waals surface area contributed by atoms with Crippen molar-refractivity contribution >= 4 is 11.7 Å².